The molecule has 1 aliphatic heterocycles. The number of benzene rings is 2. The number of aromatic nitrogens is 1. The van der Waals surface area contributed by atoms with Crippen LogP contribution in [0.15, 0.2) is 53.0 Å². The van der Waals surface area contributed by atoms with Crippen LogP contribution in [-0.4, -0.2) is 41.3 Å². The summed E-state index contributed by atoms with van der Waals surface area (Å²) >= 11 is 3.35. The van der Waals surface area contributed by atoms with Crippen LogP contribution >= 0.6 is 15.9 Å². The third-order valence-electron chi connectivity index (χ3n) is 5.28. The molecule has 5 nitrogen and oxygen atoms in total. The summed E-state index contributed by atoms with van der Waals surface area (Å²) in [5, 5.41) is 0.769. The molecule has 0 N–H and O–H groups in total. The van der Waals surface area contributed by atoms with Gasteiger partial charge in [-0.2, -0.15) is 0 Å². The summed E-state index contributed by atoms with van der Waals surface area (Å²) in [6.07, 6.45) is 0.798. The maximum atomic E-state index is 13.1. The van der Waals surface area contributed by atoms with Crippen LogP contribution in [0.5, 0.6) is 0 Å². The predicted octanol–water partition coefficient (Wildman–Crippen LogP) is 4.42. The number of nitrogens with zero attached hydrogens (tertiary/aromatic N) is 2. The van der Waals surface area contributed by atoms with Gasteiger partial charge in [0, 0.05) is 46.2 Å². The van der Waals surface area contributed by atoms with Crippen molar-refractivity contribution in [2.24, 2.45) is 0 Å². The van der Waals surface area contributed by atoms with Gasteiger partial charge in [-0.05, 0) is 24.7 Å². The molecule has 0 bridgehead atoms. The van der Waals surface area contributed by atoms with Crippen molar-refractivity contribution in [2.45, 2.75) is 19.9 Å². The van der Waals surface area contributed by atoms with Crippen molar-refractivity contribution < 1.29 is 14.3 Å². The van der Waals surface area contributed by atoms with Crippen LogP contribution in [0.25, 0.3) is 10.9 Å². The number of fused-ring (bicyclic) bond motifs is 2. The predicted molar refractivity (Wildman–Crippen MR) is 115 cm³/mol. The number of hydrogen-bond donors (Lipinski definition) is 0. The number of para-hydroxylation sites is 1. The van der Waals surface area contributed by atoms with Gasteiger partial charge in [0.15, 0.2) is 12.4 Å². The van der Waals surface area contributed by atoms with Crippen LogP contribution in [0.2, 0.25) is 0 Å². The molecule has 0 atom stereocenters. The van der Waals surface area contributed by atoms with Gasteiger partial charge in [-0.3, -0.25) is 14.7 Å². The molecule has 0 saturated carbocycles. The highest BCUT2D eigenvalue weighted by atomic mass is 79.9. The summed E-state index contributed by atoms with van der Waals surface area (Å²) in [4.78, 5) is 32.6. The van der Waals surface area contributed by atoms with Gasteiger partial charge >= 0.3 is 5.97 Å². The lowest BCUT2D eigenvalue weighted by Crippen LogP contribution is -2.32. The fourth-order valence-electron chi connectivity index (χ4n) is 3.67. The van der Waals surface area contributed by atoms with Gasteiger partial charge in [-0.1, -0.05) is 53.2 Å². The molecule has 3 aromatic rings. The SMILES string of the molecule is CCN1CCc2nc3ccccc3c(C(=O)OCC(=O)c3ccc(Br)cc3)c2C1. The van der Waals surface area contributed by atoms with E-state index in [0.29, 0.717) is 17.7 Å². The monoisotopic (exact) mass is 452 g/mol. The third-order valence-corrected chi connectivity index (χ3v) is 5.81. The maximum Gasteiger partial charge on any atom is 0.339 e. The molecule has 2 heterocycles. The minimum atomic E-state index is -0.469. The Labute approximate surface area is 177 Å². The van der Waals surface area contributed by atoms with Crippen molar-refractivity contribution >= 4 is 38.6 Å². The van der Waals surface area contributed by atoms with Crippen LogP contribution in [0.3, 0.4) is 0 Å². The van der Waals surface area contributed by atoms with Crippen LogP contribution in [-0.2, 0) is 17.7 Å². The topological polar surface area (TPSA) is 59.5 Å². The summed E-state index contributed by atoms with van der Waals surface area (Å²) < 4.78 is 6.36. The number of hydrogen-bond acceptors (Lipinski definition) is 5. The zero-order valence-electron chi connectivity index (χ0n) is 16.2. The molecule has 0 fully saturated rings. The Morgan fingerprint density at radius 2 is 1.90 bits per heavy atom. The number of esters is 1. The molecule has 0 unspecified atom stereocenters. The Morgan fingerprint density at radius 3 is 2.66 bits per heavy atom. The number of Topliss-reactive ketones (excluding diaryl/α,β-unsaturated/α-hetero) is 1. The van der Waals surface area contributed by atoms with Crippen LogP contribution in [0, 0.1) is 0 Å². The number of pyridine rings is 1. The molecular weight excluding hydrogens is 432 g/mol. The van der Waals surface area contributed by atoms with Crippen molar-refractivity contribution in [3.05, 3.63) is 75.4 Å². The molecule has 1 aliphatic rings. The first-order chi connectivity index (χ1) is 14.1. The Balaban J connectivity index is 1.64. The van der Waals surface area contributed by atoms with E-state index in [-0.39, 0.29) is 12.4 Å². The molecule has 0 saturated heterocycles. The van der Waals surface area contributed by atoms with Crippen molar-refractivity contribution in [2.75, 3.05) is 19.7 Å². The van der Waals surface area contributed by atoms with Crippen molar-refractivity contribution in [1.29, 1.82) is 0 Å². The average Bonchev–Trinajstić information content (AvgIpc) is 2.75. The zero-order valence-corrected chi connectivity index (χ0v) is 17.7. The molecule has 4 rings (SSSR count). The van der Waals surface area contributed by atoms with Crippen molar-refractivity contribution in [3.8, 4) is 0 Å². The second-order valence-corrected chi connectivity index (χ2v) is 7.97. The number of rotatable bonds is 5. The second-order valence-electron chi connectivity index (χ2n) is 7.05. The Bertz CT molecular complexity index is 1080. The van der Waals surface area contributed by atoms with Gasteiger partial charge in [0.2, 0.25) is 0 Å². The highest BCUT2D eigenvalue weighted by Gasteiger charge is 2.26. The number of halogens is 1. The summed E-state index contributed by atoms with van der Waals surface area (Å²) in [6.45, 7) is 4.31. The minimum Gasteiger partial charge on any atom is -0.454 e. The molecule has 2 aromatic carbocycles. The molecule has 0 spiro atoms. The van der Waals surface area contributed by atoms with Crippen LogP contribution in [0.4, 0.5) is 0 Å². The summed E-state index contributed by atoms with van der Waals surface area (Å²) in [6, 6.07) is 14.6. The number of carbonyl (C=O) groups excluding carboxylic acids is 2. The van der Waals surface area contributed by atoms with Crippen LogP contribution < -0.4 is 0 Å². The van der Waals surface area contributed by atoms with Crippen molar-refractivity contribution in [3.63, 3.8) is 0 Å². The Hall–Kier alpha value is -2.57. The highest BCUT2D eigenvalue weighted by Crippen LogP contribution is 2.28. The van der Waals surface area contributed by atoms with Gasteiger partial charge in [0.05, 0.1) is 11.1 Å². The minimum absolute atomic E-state index is 0.228. The van der Waals surface area contributed by atoms with E-state index in [1.165, 1.54) is 0 Å². The summed E-state index contributed by atoms with van der Waals surface area (Å²) in [5.41, 5.74) is 3.69. The van der Waals surface area contributed by atoms with E-state index in [1.807, 2.05) is 24.3 Å². The largest absolute Gasteiger partial charge is 0.454 e. The van der Waals surface area contributed by atoms with E-state index in [4.69, 9.17) is 9.72 Å². The fourth-order valence-corrected chi connectivity index (χ4v) is 3.94. The molecule has 1 aromatic heterocycles. The third kappa shape index (κ3) is 4.09. The van der Waals surface area contributed by atoms with E-state index < -0.39 is 5.97 Å². The quantitative estimate of drug-likeness (QED) is 0.423. The molecular formula is C23H21BrN2O3. The van der Waals surface area contributed by atoms with Gasteiger partial charge in [-0.15, -0.1) is 0 Å². The fraction of sp³-hybridized carbons (Fsp3) is 0.261. The lowest BCUT2D eigenvalue weighted by molar-refractivity contribution is 0.0474. The number of ketones is 1. The summed E-state index contributed by atoms with van der Waals surface area (Å²) in [7, 11) is 0. The maximum absolute atomic E-state index is 13.1. The van der Waals surface area contributed by atoms with Gasteiger partial charge < -0.3 is 4.74 Å². The lowest BCUT2D eigenvalue weighted by Gasteiger charge is -2.28. The number of likely N-dealkylation sites (N-methyl/N-ethyl adjacent to an activating group) is 1. The molecule has 6 heteroatoms. The van der Waals surface area contributed by atoms with Gasteiger partial charge in [0.1, 0.15) is 0 Å². The van der Waals surface area contributed by atoms with Gasteiger partial charge in [0.25, 0.3) is 0 Å². The van der Waals surface area contributed by atoms with Crippen LogP contribution in [0.1, 0.15) is 38.9 Å². The Morgan fingerprint density at radius 1 is 1.14 bits per heavy atom. The smallest absolute Gasteiger partial charge is 0.339 e. The Kier molecular flexibility index (Phi) is 5.74. The molecule has 29 heavy (non-hydrogen) atoms. The zero-order chi connectivity index (χ0) is 20.4. The van der Waals surface area contributed by atoms with E-state index >= 15 is 0 Å². The first-order valence-electron chi connectivity index (χ1n) is 9.65. The van der Waals surface area contributed by atoms with E-state index in [2.05, 4.69) is 27.8 Å². The van der Waals surface area contributed by atoms with E-state index in [9.17, 15) is 9.59 Å². The molecule has 148 valence electrons. The van der Waals surface area contributed by atoms with E-state index in [0.717, 1.165) is 46.1 Å². The first-order valence-corrected chi connectivity index (χ1v) is 10.4. The number of carbonyl (C=O) groups is 2. The second kappa shape index (κ2) is 8.43. The lowest BCUT2D eigenvalue weighted by atomic mass is 9.96. The van der Waals surface area contributed by atoms with Crippen molar-refractivity contribution in [1.82, 2.24) is 9.88 Å². The summed E-state index contributed by atoms with van der Waals surface area (Å²) in [5.74, 6) is -0.698. The standard InChI is InChI=1S/C23H21BrN2O3/c1-2-26-12-11-20-18(13-26)22(17-5-3-4-6-19(17)25-20)23(28)29-14-21(27)15-7-9-16(24)10-8-15/h3-10H,2,11-14H2,1H3. The molecule has 0 aliphatic carbocycles. The normalized spacial score (nSPS) is 13.9. The van der Waals surface area contributed by atoms with Gasteiger partial charge in [-0.25, -0.2) is 4.79 Å². The average molecular weight is 453 g/mol. The molecule has 0 amide bonds. The number of ether oxygens (including phenoxy) is 1. The first kappa shape index (κ1) is 19.7. The highest BCUT2D eigenvalue weighted by molar-refractivity contribution is 9.10. The molecule has 0 radical (unpaired) electrons. The van der Waals surface area contributed by atoms with E-state index in [1.54, 1.807) is 24.3 Å².